The predicted octanol–water partition coefficient (Wildman–Crippen LogP) is 2.94. The molecular weight excluding hydrogens is 230 g/mol. The van der Waals surface area contributed by atoms with Crippen molar-refractivity contribution < 1.29 is 4.79 Å². The Bertz CT molecular complexity index is 395. The van der Waals surface area contributed by atoms with Crippen LogP contribution in [0.1, 0.15) is 9.75 Å². The summed E-state index contributed by atoms with van der Waals surface area (Å²) in [7, 11) is 0. The average molecular weight is 242 g/mol. The molecule has 15 heavy (non-hydrogen) atoms. The van der Waals surface area contributed by atoms with E-state index in [1.165, 1.54) is 11.0 Å². The van der Waals surface area contributed by atoms with Gasteiger partial charge in [0.25, 0.3) is 0 Å². The van der Waals surface area contributed by atoms with Gasteiger partial charge in [0, 0.05) is 20.9 Å². The van der Waals surface area contributed by atoms with E-state index < -0.39 is 0 Å². The molecule has 2 nitrogen and oxygen atoms in total. The number of thiophene rings is 1. The average Bonchev–Trinajstić information content (AvgIpc) is 2.58. The number of rotatable bonds is 4. The van der Waals surface area contributed by atoms with E-state index in [2.05, 4.69) is 11.9 Å². The third kappa shape index (κ3) is 4.81. The van der Waals surface area contributed by atoms with E-state index in [1.807, 2.05) is 19.1 Å². The van der Waals surface area contributed by atoms with Gasteiger partial charge in [-0.1, -0.05) is 18.2 Å². The normalized spacial score (nSPS) is 10.5. The Hall–Kier alpha value is -1.06. The van der Waals surface area contributed by atoms with Crippen molar-refractivity contribution >= 4 is 34.9 Å². The molecule has 1 aromatic heterocycles. The van der Waals surface area contributed by atoms with Crippen molar-refractivity contribution in [3.8, 4) is 0 Å². The summed E-state index contributed by atoms with van der Waals surface area (Å²) in [6.45, 7) is 5.80. The van der Waals surface area contributed by atoms with E-state index in [0.29, 0.717) is 11.6 Å². The smallest absolute Gasteiger partial charge is 0.244 e. The molecule has 1 rings (SSSR count). The van der Waals surface area contributed by atoms with E-state index in [9.17, 15) is 4.79 Å². The van der Waals surface area contributed by atoms with Crippen LogP contribution in [0.25, 0.3) is 6.08 Å². The quantitative estimate of drug-likeness (QED) is 0.807. The number of amides is 1. The highest BCUT2D eigenvalue weighted by atomic mass is 35.5. The first-order valence-corrected chi connectivity index (χ1v) is 5.63. The van der Waals surface area contributed by atoms with Gasteiger partial charge in [-0.15, -0.1) is 11.3 Å². The first-order valence-electron chi connectivity index (χ1n) is 4.43. The molecule has 0 spiro atoms. The van der Waals surface area contributed by atoms with Crippen LogP contribution in [-0.4, -0.2) is 12.5 Å². The van der Waals surface area contributed by atoms with E-state index >= 15 is 0 Å². The molecule has 1 amide bonds. The minimum Gasteiger partial charge on any atom is -0.348 e. The van der Waals surface area contributed by atoms with Crippen LogP contribution in [0.5, 0.6) is 0 Å². The third-order valence-corrected chi connectivity index (χ3v) is 2.71. The highest BCUT2D eigenvalue weighted by Crippen LogP contribution is 2.16. The molecule has 0 atom stereocenters. The Kier molecular flexibility index (Phi) is 4.59. The molecule has 0 aliphatic carbocycles. The second-order valence-electron chi connectivity index (χ2n) is 3.02. The maximum Gasteiger partial charge on any atom is 0.244 e. The number of aryl methyl sites for hydroxylation is 1. The lowest BCUT2D eigenvalue weighted by atomic mass is 10.4. The third-order valence-electron chi connectivity index (χ3n) is 1.61. The zero-order valence-corrected chi connectivity index (χ0v) is 9.99. The second-order valence-corrected chi connectivity index (χ2v) is 4.87. The minimum atomic E-state index is -0.164. The van der Waals surface area contributed by atoms with Crippen LogP contribution in [0.3, 0.4) is 0 Å². The molecule has 4 heteroatoms. The van der Waals surface area contributed by atoms with Crippen LogP contribution >= 0.6 is 22.9 Å². The molecule has 0 saturated heterocycles. The van der Waals surface area contributed by atoms with Gasteiger partial charge in [0.1, 0.15) is 0 Å². The van der Waals surface area contributed by atoms with Crippen molar-refractivity contribution in [1.29, 1.82) is 0 Å². The molecule has 0 radical (unpaired) electrons. The summed E-state index contributed by atoms with van der Waals surface area (Å²) < 4.78 is 0. The van der Waals surface area contributed by atoms with E-state index in [0.717, 1.165) is 4.88 Å². The summed E-state index contributed by atoms with van der Waals surface area (Å²) in [5.41, 5.74) is 0. The Morgan fingerprint density at radius 1 is 1.67 bits per heavy atom. The lowest BCUT2D eigenvalue weighted by molar-refractivity contribution is -0.116. The van der Waals surface area contributed by atoms with Crippen molar-refractivity contribution in [2.75, 3.05) is 6.54 Å². The second kappa shape index (κ2) is 5.73. The Morgan fingerprint density at radius 3 is 2.93 bits per heavy atom. The molecule has 0 aliphatic rings. The fraction of sp³-hybridized carbons (Fsp3) is 0.182. The SMILES string of the molecule is C=C(Cl)CNC(=O)/C=C/c1ccc(C)s1. The highest BCUT2D eigenvalue weighted by molar-refractivity contribution is 7.12. The largest absolute Gasteiger partial charge is 0.348 e. The molecule has 1 aromatic rings. The van der Waals surface area contributed by atoms with Crippen molar-refractivity contribution in [1.82, 2.24) is 5.32 Å². The van der Waals surface area contributed by atoms with Crippen molar-refractivity contribution in [3.05, 3.63) is 39.6 Å². The maximum atomic E-state index is 11.2. The zero-order chi connectivity index (χ0) is 11.3. The Balaban J connectivity index is 2.44. The molecule has 0 fully saturated rings. The molecule has 0 bridgehead atoms. The monoisotopic (exact) mass is 241 g/mol. The van der Waals surface area contributed by atoms with Gasteiger partial charge in [-0.25, -0.2) is 0 Å². The molecule has 0 saturated carbocycles. The van der Waals surface area contributed by atoms with E-state index in [-0.39, 0.29) is 5.91 Å². The fourth-order valence-electron chi connectivity index (χ4n) is 0.943. The van der Waals surface area contributed by atoms with E-state index in [1.54, 1.807) is 17.4 Å². The summed E-state index contributed by atoms with van der Waals surface area (Å²) in [5.74, 6) is -0.164. The molecule has 0 aliphatic heterocycles. The zero-order valence-electron chi connectivity index (χ0n) is 8.42. The van der Waals surface area contributed by atoms with E-state index in [4.69, 9.17) is 11.6 Å². The molecule has 0 aromatic carbocycles. The Morgan fingerprint density at radius 2 is 2.40 bits per heavy atom. The van der Waals surface area contributed by atoms with Gasteiger partial charge >= 0.3 is 0 Å². The first kappa shape index (κ1) is 12.0. The first-order chi connectivity index (χ1) is 7.08. The van der Waals surface area contributed by atoms with Gasteiger partial charge in [-0.2, -0.15) is 0 Å². The minimum absolute atomic E-state index is 0.164. The standard InChI is InChI=1S/C11H12ClNOS/c1-8(12)7-13-11(14)6-5-10-4-3-9(2)15-10/h3-6H,1,7H2,2H3,(H,13,14)/b6-5+. The van der Waals surface area contributed by atoms with Gasteiger partial charge in [-0.05, 0) is 25.1 Å². The van der Waals surface area contributed by atoms with Crippen LogP contribution in [0, 0.1) is 6.92 Å². The predicted molar refractivity (Wildman–Crippen MR) is 66.1 cm³/mol. The van der Waals surface area contributed by atoms with Crippen LogP contribution in [0.4, 0.5) is 0 Å². The molecule has 0 unspecified atom stereocenters. The number of halogens is 1. The van der Waals surface area contributed by atoms with Crippen LogP contribution in [-0.2, 0) is 4.79 Å². The topological polar surface area (TPSA) is 29.1 Å². The van der Waals surface area contributed by atoms with Gasteiger partial charge in [0.2, 0.25) is 5.91 Å². The number of nitrogens with one attached hydrogen (secondary N) is 1. The number of hydrogen-bond donors (Lipinski definition) is 1. The highest BCUT2D eigenvalue weighted by Gasteiger charge is 1.96. The van der Waals surface area contributed by atoms with Crippen LogP contribution in [0.15, 0.2) is 29.8 Å². The van der Waals surface area contributed by atoms with Gasteiger partial charge in [0.05, 0.1) is 6.54 Å². The maximum absolute atomic E-state index is 11.2. The lowest BCUT2D eigenvalue weighted by Crippen LogP contribution is -2.21. The van der Waals surface area contributed by atoms with Crippen molar-refractivity contribution in [3.63, 3.8) is 0 Å². The summed E-state index contributed by atoms with van der Waals surface area (Å²) in [4.78, 5) is 13.5. The van der Waals surface area contributed by atoms with Gasteiger partial charge < -0.3 is 5.32 Å². The summed E-state index contributed by atoms with van der Waals surface area (Å²) in [6.07, 6.45) is 3.27. The number of hydrogen-bond acceptors (Lipinski definition) is 2. The number of carbonyl (C=O) groups excluding carboxylic acids is 1. The van der Waals surface area contributed by atoms with Crippen molar-refractivity contribution in [2.45, 2.75) is 6.92 Å². The van der Waals surface area contributed by atoms with Crippen LogP contribution in [0.2, 0.25) is 0 Å². The van der Waals surface area contributed by atoms with Gasteiger partial charge in [0.15, 0.2) is 0 Å². The molecule has 1 N–H and O–H groups in total. The van der Waals surface area contributed by atoms with Gasteiger partial charge in [-0.3, -0.25) is 4.79 Å². The molecule has 80 valence electrons. The molecule has 1 heterocycles. The fourth-order valence-corrected chi connectivity index (χ4v) is 1.79. The summed E-state index contributed by atoms with van der Waals surface area (Å²) in [5, 5.41) is 3.03. The lowest BCUT2D eigenvalue weighted by Gasteiger charge is -1.97. The number of carbonyl (C=O) groups is 1. The van der Waals surface area contributed by atoms with Crippen LogP contribution < -0.4 is 5.32 Å². The Labute approximate surface area is 98.3 Å². The summed E-state index contributed by atoms with van der Waals surface area (Å²) in [6, 6.07) is 3.99. The summed E-state index contributed by atoms with van der Waals surface area (Å²) >= 11 is 7.15. The van der Waals surface area contributed by atoms with Crippen molar-refractivity contribution in [2.24, 2.45) is 0 Å². The molecular formula is C11H12ClNOS.